The molecule has 0 bridgehead atoms. The van der Waals surface area contributed by atoms with E-state index in [0.29, 0.717) is 18.2 Å². The van der Waals surface area contributed by atoms with E-state index in [1.54, 1.807) is 6.20 Å². The zero-order chi connectivity index (χ0) is 15.4. The normalized spacial score (nSPS) is 10.4. The number of carbonyl (C=O) groups is 1. The van der Waals surface area contributed by atoms with Gasteiger partial charge in [0, 0.05) is 27.8 Å². The fourth-order valence-corrected chi connectivity index (χ4v) is 3.16. The molecule has 2 rings (SSSR count). The van der Waals surface area contributed by atoms with Crippen LogP contribution in [0.3, 0.4) is 0 Å². The third-order valence-electron chi connectivity index (χ3n) is 2.87. The number of nitrogens with one attached hydrogen (secondary N) is 1. The molecular weight excluding hydrogens is 388 g/mol. The molecule has 0 atom stereocenters. The first-order valence-electron chi connectivity index (χ1n) is 6.39. The van der Waals surface area contributed by atoms with Crippen LogP contribution in [-0.2, 0) is 11.3 Å². The van der Waals surface area contributed by atoms with Crippen molar-refractivity contribution in [2.75, 3.05) is 24.6 Å². The maximum atomic E-state index is 12.1. The molecule has 0 aliphatic rings. The molecule has 0 fully saturated rings. The van der Waals surface area contributed by atoms with Crippen molar-refractivity contribution in [2.24, 2.45) is 0 Å². The number of halogens is 2. The van der Waals surface area contributed by atoms with E-state index in [-0.39, 0.29) is 18.3 Å². The van der Waals surface area contributed by atoms with Crippen LogP contribution in [0.15, 0.2) is 28.9 Å². The summed E-state index contributed by atoms with van der Waals surface area (Å²) in [6.07, 6.45) is 1.74. The Morgan fingerprint density at radius 2 is 2.23 bits per heavy atom. The molecule has 5 nitrogen and oxygen atoms in total. The zero-order valence-corrected chi connectivity index (χ0v) is 15.5. The number of nitrogens with zero attached hydrogens (tertiary/aromatic N) is 2. The number of aryl methyl sites for hydroxylation is 1. The molecule has 2 aromatic rings. The number of carbonyl (C=O) groups excluding carboxylic acids is 1. The molecule has 0 saturated heterocycles. The molecule has 22 heavy (non-hydrogen) atoms. The van der Waals surface area contributed by atoms with Crippen LogP contribution in [0.1, 0.15) is 10.4 Å². The van der Waals surface area contributed by atoms with Crippen LogP contribution in [0.25, 0.3) is 0 Å². The van der Waals surface area contributed by atoms with Gasteiger partial charge in [-0.3, -0.25) is 9.69 Å². The first-order chi connectivity index (χ1) is 9.94. The maximum absolute atomic E-state index is 12.1. The van der Waals surface area contributed by atoms with Gasteiger partial charge in [-0.25, -0.2) is 4.98 Å². The summed E-state index contributed by atoms with van der Waals surface area (Å²) in [6.45, 7) is 2.93. The van der Waals surface area contributed by atoms with Crippen LogP contribution in [0.2, 0.25) is 0 Å². The second-order valence-electron chi connectivity index (χ2n) is 4.84. The fraction of sp³-hybridized carbons (Fsp3) is 0.286. The summed E-state index contributed by atoms with van der Waals surface area (Å²) in [6, 6.07) is 5.77. The number of hydrogen-bond acceptors (Lipinski definition) is 5. The molecule has 8 heteroatoms. The monoisotopic (exact) mass is 404 g/mol. The quantitative estimate of drug-likeness (QED) is 0.801. The Morgan fingerprint density at radius 1 is 1.50 bits per heavy atom. The van der Waals surface area contributed by atoms with Gasteiger partial charge in [-0.2, -0.15) is 0 Å². The van der Waals surface area contributed by atoms with Crippen molar-refractivity contribution in [3.8, 4) is 0 Å². The van der Waals surface area contributed by atoms with E-state index in [9.17, 15) is 4.79 Å². The third-order valence-corrected chi connectivity index (χ3v) is 4.18. The van der Waals surface area contributed by atoms with E-state index in [2.05, 4.69) is 26.2 Å². The molecule has 0 spiro atoms. The van der Waals surface area contributed by atoms with Gasteiger partial charge in [0.15, 0.2) is 5.13 Å². The summed E-state index contributed by atoms with van der Waals surface area (Å²) in [4.78, 5) is 19.0. The second kappa shape index (κ2) is 8.47. The molecule has 0 aliphatic heterocycles. The Morgan fingerprint density at radius 3 is 2.82 bits per heavy atom. The molecule has 1 aromatic carbocycles. The number of hydrogen-bond donors (Lipinski definition) is 2. The van der Waals surface area contributed by atoms with Crippen molar-refractivity contribution in [2.45, 2.75) is 13.5 Å². The van der Waals surface area contributed by atoms with Gasteiger partial charge in [-0.1, -0.05) is 15.9 Å². The predicted octanol–water partition coefficient (Wildman–Crippen LogP) is 3.29. The van der Waals surface area contributed by atoms with E-state index in [1.165, 1.54) is 11.3 Å². The minimum absolute atomic E-state index is 0. The highest BCUT2D eigenvalue weighted by Crippen LogP contribution is 2.20. The van der Waals surface area contributed by atoms with Crippen molar-refractivity contribution in [1.29, 1.82) is 0 Å². The van der Waals surface area contributed by atoms with Gasteiger partial charge in [0.1, 0.15) is 0 Å². The molecule has 1 amide bonds. The summed E-state index contributed by atoms with van der Waals surface area (Å²) in [5, 5.41) is 3.47. The molecule has 120 valence electrons. The number of nitrogens with two attached hydrogens (primary N) is 1. The Balaban J connectivity index is 0.00000242. The molecule has 1 aromatic heterocycles. The molecule has 1 heterocycles. The van der Waals surface area contributed by atoms with Crippen molar-refractivity contribution in [3.05, 3.63) is 39.3 Å². The van der Waals surface area contributed by atoms with E-state index >= 15 is 0 Å². The lowest BCUT2D eigenvalue weighted by atomic mass is 10.2. The molecular formula is C14H18BrClN4OS. The molecule has 0 unspecified atom stereocenters. The summed E-state index contributed by atoms with van der Waals surface area (Å²) >= 11 is 4.85. The smallest absolute Gasteiger partial charge is 0.238 e. The minimum atomic E-state index is -0.0413. The number of anilines is 2. The average Bonchev–Trinajstić information content (AvgIpc) is 2.78. The lowest BCUT2D eigenvalue weighted by molar-refractivity contribution is -0.117. The standard InChI is InChI=1S/C14H17BrN4OS.ClH/c1-9-5-10(15)3-4-12(9)18-13(20)8-19(2)7-11-6-17-14(16)21-11;/h3-6H,7-8H2,1-2H3,(H2,16,17)(H,18,20);1H. The number of benzene rings is 1. The van der Waals surface area contributed by atoms with Gasteiger partial charge in [-0.15, -0.1) is 23.7 Å². The summed E-state index contributed by atoms with van der Waals surface area (Å²) in [5.41, 5.74) is 7.45. The van der Waals surface area contributed by atoms with E-state index in [4.69, 9.17) is 5.73 Å². The van der Waals surface area contributed by atoms with Crippen molar-refractivity contribution in [1.82, 2.24) is 9.88 Å². The van der Waals surface area contributed by atoms with E-state index < -0.39 is 0 Å². The molecule has 0 saturated carbocycles. The van der Waals surface area contributed by atoms with E-state index in [1.807, 2.05) is 37.1 Å². The maximum Gasteiger partial charge on any atom is 0.238 e. The van der Waals surface area contributed by atoms with E-state index in [0.717, 1.165) is 20.6 Å². The number of thiazole rings is 1. The summed E-state index contributed by atoms with van der Waals surface area (Å²) in [5.74, 6) is -0.0413. The molecule has 0 aliphatic carbocycles. The van der Waals surface area contributed by atoms with Crippen molar-refractivity contribution in [3.63, 3.8) is 0 Å². The van der Waals surface area contributed by atoms with Crippen molar-refractivity contribution < 1.29 is 4.79 Å². The van der Waals surface area contributed by atoms with Gasteiger partial charge in [0.05, 0.1) is 6.54 Å². The first kappa shape index (κ1) is 18.9. The van der Waals surface area contributed by atoms with Crippen LogP contribution >= 0.6 is 39.7 Å². The largest absolute Gasteiger partial charge is 0.375 e. The van der Waals surface area contributed by atoms with Crippen LogP contribution in [0.4, 0.5) is 10.8 Å². The van der Waals surface area contributed by atoms with Crippen LogP contribution in [0.5, 0.6) is 0 Å². The topological polar surface area (TPSA) is 71.2 Å². The molecule has 3 N–H and O–H groups in total. The van der Waals surface area contributed by atoms with Crippen LogP contribution < -0.4 is 11.1 Å². The highest BCUT2D eigenvalue weighted by molar-refractivity contribution is 9.10. The summed E-state index contributed by atoms with van der Waals surface area (Å²) < 4.78 is 0.998. The Labute approximate surface area is 148 Å². The van der Waals surface area contributed by atoms with Gasteiger partial charge >= 0.3 is 0 Å². The van der Waals surface area contributed by atoms with Crippen molar-refractivity contribution >= 4 is 56.4 Å². The zero-order valence-electron chi connectivity index (χ0n) is 12.3. The van der Waals surface area contributed by atoms with Crippen LogP contribution in [0, 0.1) is 6.92 Å². The first-order valence-corrected chi connectivity index (χ1v) is 7.99. The fourth-order valence-electron chi connectivity index (χ4n) is 1.92. The van der Waals surface area contributed by atoms with Gasteiger partial charge < -0.3 is 11.1 Å². The van der Waals surface area contributed by atoms with Crippen LogP contribution in [-0.4, -0.2) is 29.4 Å². The van der Waals surface area contributed by atoms with Gasteiger partial charge in [-0.05, 0) is 37.7 Å². The number of amides is 1. The Bertz CT molecular complexity index is 650. The number of nitrogen functional groups attached to an aromatic ring is 1. The van der Waals surface area contributed by atoms with Gasteiger partial charge in [0.2, 0.25) is 5.91 Å². The highest BCUT2D eigenvalue weighted by Gasteiger charge is 2.10. The lowest BCUT2D eigenvalue weighted by Crippen LogP contribution is -2.29. The molecule has 0 radical (unpaired) electrons. The number of likely N-dealkylation sites (N-methyl/N-ethyl adjacent to an activating group) is 1. The predicted molar refractivity (Wildman–Crippen MR) is 97.6 cm³/mol. The average molecular weight is 406 g/mol. The third kappa shape index (κ3) is 5.57. The SMILES string of the molecule is Cc1cc(Br)ccc1NC(=O)CN(C)Cc1cnc(N)s1.Cl. The second-order valence-corrected chi connectivity index (χ2v) is 6.91. The van der Waals surface area contributed by atoms with Gasteiger partial charge in [0.25, 0.3) is 0 Å². The lowest BCUT2D eigenvalue weighted by Gasteiger charge is -2.15. The number of rotatable bonds is 5. The Kier molecular flexibility index (Phi) is 7.28. The minimum Gasteiger partial charge on any atom is -0.375 e. The summed E-state index contributed by atoms with van der Waals surface area (Å²) in [7, 11) is 1.89. The Hall–Kier alpha value is -1.15. The number of aromatic nitrogens is 1. The highest BCUT2D eigenvalue weighted by atomic mass is 79.9.